The zero-order valence-corrected chi connectivity index (χ0v) is 13.6. The molecule has 0 aliphatic carbocycles. The first-order chi connectivity index (χ1) is 11.1. The molecule has 122 valence electrons. The van der Waals surface area contributed by atoms with E-state index < -0.39 is 0 Å². The topological polar surface area (TPSA) is 63.2 Å². The van der Waals surface area contributed by atoms with Crippen LogP contribution in [0.3, 0.4) is 0 Å². The van der Waals surface area contributed by atoms with Crippen LogP contribution in [-0.2, 0) is 11.2 Å². The Kier molecular flexibility index (Phi) is 6.41. The van der Waals surface area contributed by atoms with E-state index >= 15 is 0 Å². The fourth-order valence-corrected chi connectivity index (χ4v) is 2.11. The van der Waals surface area contributed by atoms with Crippen LogP contribution in [0, 0.1) is 0 Å². The quantitative estimate of drug-likeness (QED) is 0.736. The fourth-order valence-electron chi connectivity index (χ4n) is 2.11. The molecular weight excluding hydrogens is 290 g/mol. The molecule has 1 amide bonds. The smallest absolute Gasteiger partial charge is 0.224 e. The van der Waals surface area contributed by atoms with E-state index in [9.17, 15) is 4.79 Å². The van der Waals surface area contributed by atoms with Gasteiger partial charge in [-0.2, -0.15) is 0 Å². The first kappa shape index (κ1) is 16.8. The molecule has 1 heterocycles. The average molecular weight is 313 g/mol. The highest BCUT2D eigenvalue weighted by molar-refractivity contribution is 5.78. The summed E-state index contributed by atoms with van der Waals surface area (Å²) in [4.78, 5) is 16.1. The third-order valence-corrected chi connectivity index (χ3v) is 3.05. The Bertz CT molecular complexity index is 615. The van der Waals surface area contributed by atoms with Crippen molar-refractivity contribution in [1.82, 2.24) is 10.3 Å². The molecular formula is C18H23N3O2. The molecule has 1 aromatic heterocycles. The number of rotatable bonds is 8. The van der Waals surface area contributed by atoms with Gasteiger partial charge >= 0.3 is 0 Å². The van der Waals surface area contributed by atoms with Gasteiger partial charge in [0.25, 0.3) is 0 Å². The number of carbonyl (C=O) groups is 1. The third-order valence-electron chi connectivity index (χ3n) is 3.05. The fraction of sp³-hybridized carbons (Fsp3) is 0.333. The Hall–Kier alpha value is -2.56. The molecule has 0 fully saturated rings. The van der Waals surface area contributed by atoms with Crippen molar-refractivity contribution in [3.8, 4) is 5.75 Å². The van der Waals surface area contributed by atoms with Crippen molar-refractivity contribution in [2.75, 3.05) is 18.4 Å². The summed E-state index contributed by atoms with van der Waals surface area (Å²) >= 11 is 0. The summed E-state index contributed by atoms with van der Waals surface area (Å²) in [5.74, 6) is 1.59. The third kappa shape index (κ3) is 6.38. The molecule has 0 saturated carbocycles. The molecule has 0 radical (unpaired) electrons. The second-order valence-corrected chi connectivity index (χ2v) is 5.48. The van der Waals surface area contributed by atoms with Crippen molar-refractivity contribution in [2.24, 2.45) is 0 Å². The molecule has 5 heteroatoms. The van der Waals surface area contributed by atoms with E-state index in [4.69, 9.17) is 4.74 Å². The van der Waals surface area contributed by atoms with Crippen molar-refractivity contribution in [3.05, 3.63) is 54.2 Å². The second kappa shape index (κ2) is 8.78. The van der Waals surface area contributed by atoms with Crippen LogP contribution in [0.25, 0.3) is 0 Å². The summed E-state index contributed by atoms with van der Waals surface area (Å²) in [7, 11) is 0. The lowest BCUT2D eigenvalue weighted by Crippen LogP contribution is -2.30. The molecule has 0 spiro atoms. The number of hydrogen-bond acceptors (Lipinski definition) is 4. The van der Waals surface area contributed by atoms with Crippen LogP contribution in [0.15, 0.2) is 48.7 Å². The highest BCUT2D eigenvalue weighted by Gasteiger charge is 2.05. The van der Waals surface area contributed by atoms with Gasteiger partial charge in [0.15, 0.2) is 0 Å². The largest absolute Gasteiger partial charge is 0.491 e. The van der Waals surface area contributed by atoms with Crippen LogP contribution in [0.2, 0.25) is 0 Å². The van der Waals surface area contributed by atoms with Crippen LogP contribution >= 0.6 is 0 Å². The van der Waals surface area contributed by atoms with Crippen LogP contribution in [0.4, 0.5) is 5.82 Å². The normalized spacial score (nSPS) is 10.4. The van der Waals surface area contributed by atoms with Gasteiger partial charge in [-0.1, -0.05) is 18.2 Å². The van der Waals surface area contributed by atoms with Gasteiger partial charge < -0.3 is 15.4 Å². The number of nitrogens with zero attached hydrogens (tertiary/aromatic N) is 1. The van der Waals surface area contributed by atoms with Gasteiger partial charge in [0.05, 0.1) is 12.5 Å². The number of amides is 1. The number of benzene rings is 1. The maximum Gasteiger partial charge on any atom is 0.224 e. The summed E-state index contributed by atoms with van der Waals surface area (Å²) < 4.78 is 5.64. The van der Waals surface area contributed by atoms with Crippen molar-refractivity contribution >= 4 is 11.7 Å². The van der Waals surface area contributed by atoms with Gasteiger partial charge in [-0.3, -0.25) is 4.79 Å². The number of pyridine rings is 1. The first-order valence-corrected chi connectivity index (χ1v) is 7.80. The Balaban J connectivity index is 1.72. The Labute approximate surface area is 137 Å². The van der Waals surface area contributed by atoms with E-state index in [0.29, 0.717) is 19.5 Å². The van der Waals surface area contributed by atoms with Gasteiger partial charge in [0.2, 0.25) is 5.91 Å². The van der Waals surface area contributed by atoms with Crippen LogP contribution in [0.1, 0.15) is 19.4 Å². The van der Waals surface area contributed by atoms with Crippen molar-refractivity contribution in [2.45, 2.75) is 26.4 Å². The van der Waals surface area contributed by atoms with E-state index in [1.165, 1.54) is 0 Å². The minimum atomic E-state index is -0.00508. The number of hydrogen-bond donors (Lipinski definition) is 2. The molecule has 0 aliphatic heterocycles. The van der Waals surface area contributed by atoms with E-state index in [1.54, 1.807) is 6.20 Å². The molecule has 2 rings (SSSR count). The summed E-state index contributed by atoms with van der Waals surface area (Å²) in [6, 6.07) is 13.3. The number of nitrogens with one attached hydrogen (secondary N) is 2. The number of carbonyl (C=O) groups excluding carboxylic acids is 1. The van der Waals surface area contributed by atoms with Gasteiger partial charge in [-0.05, 0) is 43.7 Å². The maximum atomic E-state index is 12.0. The van der Waals surface area contributed by atoms with E-state index in [1.807, 2.05) is 56.3 Å². The number of ether oxygens (including phenoxy) is 1. The SMILES string of the molecule is CC(C)Oc1cccc(CC(=O)NCCNc2ccccn2)c1. The minimum Gasteiger partial charge on any atom is -0.491 e. The van der Waals surface area contributed by atoms with Gasteiger partial charge in [-0.15, -0.1) is 0 Å². The van der Waals surface area contributed by atoms with Gasteiger partial charge in [0, 0.05) is 19.3 Å². The predicted molar refractivity (Wildman–Crippen MR) is 91.6 cm³/mol. The summed E-state index contributed by atoms with van der Waals surface area (Å²) in [6.45, 7) is 5.15. The maximum absolute atomic E-state index is 12.0. The molecule has 5 nitrogen and oxygen atoms in total. The van der Waals surface area contributed by atoms with E-state index in [0.717, 1.165) is 17.1 Å². The van der Waals surface area contributed by atoms with Crippen LogP contribution in [-0.4, -0.2) is 30.1 Å². The lowest BCUT2D eigenvalue weighted by Gasteiger charge is -2.11. The molecule has 1 aromatic carbocycles. The molecule has 0 atom stereocenters. The lowest BCUT2D eigenvalue weighted by atomic mass is 10.1. The van der Waals surface area contributed by atoms with Crippen molar-refractivity contribution in [3.63, 3.8) is 0 Å². The number of aromatic nitrogens is 1. The minimum absolute atomic E-state index is 0.00508. The van der Waals surface area contributed by atoms with Gasteiger partial charge in [-0.25, -0.2) is 4.98 Å². The Morgan fingerprint density at radius 2 is 2.04 bits per heavy atom. The lowest BCUT2D eigenvalue weighted by molar-refractivity contribution is -0.120. The number of anilines is 1. The second-order valence-electron chi connectivity index (χ2n) is 5.48. The van der Waals surface area contributed by atoms with Crippen molar-refractivity contribution < 1.29 is 9.53 Å². The Morgan fingerprint density at radius 1 is 1.17 bits per heavy atom. The zero-order chi connectivity index (χ0) is 16.5. The molecule has 0 saturated heterocycles. The molecule has 0 aliphatic rings. The first-order valence-electron chi connectivity index (χ1n) is 7.80. The summed E-state index contributed by atoms with van der Waals surface area (Å²) in [5.41, 5.74) is 0.943. The highest BCUT2D eigenvalue weighted by Crippen LogP contribution is 2.15. The molecule has 2 N–H and O–H groups in total. The standard InChI is InChI=1S/C18H23N3O2/c1-14(2)23-16-7-5-6-15(12-16)13-18(22)21-11-10-20-17-8-3-4-9-19-17/h3-9,12,14H,10-11,13H2,1-2H3,(H,19,20)(H,21,22). The monoisotopic (exact) mass is 313 g/mol. The van der Waals surface area contributed by atoms with Crippen LogP contribution < -0.4 is 15.4 Å². The molecule has 0 bridgehead atoms. The van der Waals surface area contributed by atoms with E-state index in [-0.39, 0.29) is 12.0 Å². The Morgan fingerprint density at radius 3 is 2.78 bits per heavy atom. The predicted octanol–water partition coefficient (Wildman–Crippen LogP) is 2.64. The van der Waals surface area contributed by atoms with E-state index in [2.05, 4.69) is 15.6 Å². The van der Waals surface area contributed by atoms with Crippen LogP contribution in [0.5, 0.6) is 5.75 Å². The molecule has 23 heavy (non-hydrogen) atoms. The summed E-state index contributed by atoms with van der Waals surface area (Å²) in [6.07, 6.45) is 2.20. The molecule has 2 aromatic rings. The van der Waals surface area contributed by atoms with Gasteiger partial charge in [0.1, 0.15) is 11.6 Å². The van der Waals surface area contributed by atoms with Crippen molar-refractivity contribution in [1.29, 1.82) is 0 Å². The summed E-state index contributed by atoms with van der Waals surface area (Å²) in [5, 5.41) is 6.04. The average Bonchev–Trinajstić information content (AvgIpc) is 2.52. The highest BCUT2D eigenvalue weighted by atomic mass is 16.5. The zero-order valence-electron chi connectivity index (χ0n) is 13.6. The molecule has 0 unspecified atom stereocenters.